The fourth-order valence-corrected chi connectivity index (χ4v) is 4.46. The summed E-state index contributed by atoms with van der Waals surface area (Å²) >= 11 is 0. The Kier molecular flexibility index (Phi) is 7.07. The van der Waals surface area contributed by atoms with Gasteiger partial charge in [0.15, 0.2) is 5.76 Å². The van der Waals surface area contributed by atoms with Crippen molar-refractivity contribution in [3.8, 4) is 0 Å². The first-order chi connectivity index (χ1) is 14.7. The van der Waals surface area contributed by atoms with Crippen molar-refractivity contribution in [1.29, 1.82) is 0 Å². The second kappa shape index (κ2) is 10.1. The number of allylic oxidation sites excluding steroid dienone is 2. The maximum atomic E-state index is 12.7. The van der Waals surface area contributed by atoms with Crippen molar-refractivity contribution >= 4 is 5.91 Å². The van der Waals surface area contributed by atoms with E-state index in [1.807, 2.05) is 42.5 Å². The molecule has 1 amide bonds. The van der Waals surface area contributed by atoms with Crippen LogP contribution in [-0.2, 0) is 20.7 Å². The van der Waals surface area contributed by atoms with Crippen molar-refractivity contribution in [3.63, 3.8) is 0 Å². The Morgan fingerprint density at radius 2 is 1.93 bits per heavy atom. The quantitative estimate of drug-likeness (QED) is 0.686. The maximum absolute atomic E-state index is 12.7. The molecule has 0 aromatic heterocycles. The zero-order chi connectivity index (χ0) is 20.8. The van der Waals surface area contributed by atoms with Crippen LogP contribution in [0.2, 0.25) is 0 Å². The molecule has 6 heteroatoms. The van der Waals surface area contributed by atoms with E-state index in [1.54, 1.807) is 0 Å². The number of aliphatic hydroxyl groups excluding tert-OH is 1. The Morgan fingerprint density at radius 1 is 1.17 bits per heavy atom. The number of carbonyl (C=O) groups is 1. The molecule has 1 aromatic carbocycles. The molecule has 2 aliphatic heterocycles. The van der Waals surface area contributed by atoms with Crippen molar-refractivity contribution in [2.45, 2.75) is 44.2 Å². The Morgan fingerprint density at radius 3 is 2.73 bits per heavy atom. The molecule has 3 atom stereocenters. The molecular formula is C24H32N2O4. The molecule has 1 aromatic rings. The molecule has 30 heavy (non-hydrogen) atoms. The highest BCUT2D eigenvalue weighted by Gasteiger charge is 2.33. The zero-order valence-corrected chi connectivity index (χ0v) is 17.5. The fourth-order valence-electron chi connectivity index (χ4n) is 4.46. The van der Waals surface area contributed by atoms with Crippen molar-refractivity contribution in [2.75, 3.05) is 32.8 Å². The third-order valence-electron chi connectivity index (χ3n) is 6.14. The van der Waals surface area contributed by atoms with E-state index in [-0.39, 0.29) is 17.9 Å². The van der Waals surface area contributed by atoms with E-state index in [0.29, 0.717) is 39.0 Å². The summed E-state index contributed by atoms with van der Waals surface area (Å²) in [6.07, 6.45) is 7.28. The molecule has 6 nitrogen and oxygen atoms in total. The number of nitrogens with one attached hydrogen (secondary N) is 1. The predicted octanol–water partition coefficient (Wildman–Crippen LogP) is 2.40. The third kappa shape index (κ3) is 5.43. The molecule has 162 valence electrons. The van der Waals surface area contributed by atoms with Gasteiger partial charge in [-0.15, -0.1) is 0 Å². The van der Waals surface area contributed by atoms with E-state index in [2.05, 4.69) is 10.2 Å². The molecule has 3 aliphatic rings. The molecule has 0 spiro atoms. The van der Waals surface area contributed by atoms with E-state index < -0.39 is 6.10 Å². The Bertz CT molecular complexity index is 771. The van der Waals surface area contributed by atoms with Gasteiger partial charge in [0.05, 0.1) is 12.1 Å². The topological polar surface area (TPSA) is 71.0 Å². The van der Waals surface area contributed by atoms with Crippen LogP contribution in [0.1, 0.15) is 31.2 Å². The van der Waals surface area contributed by atoms with Gasteiger partial charge in [0.2, 0.25) is 5.91 Å². The number of ether oxygens (including phenoxy) is 2. The van der Waals surface area contributed by atoms with Crippen molar-refractivity contribution < 1.29 is 19.4 Å². The Balaban J connectivity index is 1.38. The molecule has 2 heterocycles. The number of hydrogen-bond donors (Lipinski definition) is 2. The van der Waals surface area contributed by atoms with Crippen LogP contribution in [0.5, 0.6) is 0 Å². The lowest BCUT2D eigenvalue weighted by Gasteiger charge is -2.34. The van der Waals surface area contributed by atoms with Crippen LogP contribution in [0.15, 0.2) is 54.0 Å². The van der Waals surface area contributed by atoms with Gasteiger partial charge in [0, 0.05) is 25.3 Å². The summed E-state index contributed by atoms with van der Waals surface area (Å²) in [5.74, 6) is 1.46. The smallest absolute Gasteiger partial charge is 0.220 e. The van der Waals surface area contributed by atoms with Gasteiger partial charge in [-0.2, -0.15) is 0 Å². The normalized spacial score (nSPS) is 23.3. The van der Waals surface area contributed by atoms with Gasteiger partial charge in [-0.05, 0) is 44.0 Å². The third-order valence-corrected chi connectivity index (χ3v) is 6.14. The van der Waals surface area contributed by atoms with Crippen molar-refractivity contribution in [3.05, 3.63) is 59.6 Å². The van der Waals surface area contributed by atoms with Gasteiger partial charge in [0.25, 0.3) is 0 Å². The number of aryl methyl sites for hydroxylation is 1. The minimum absolute atomic E-state index is 0.0148. The van der Waals surface area contributed by atoms with E-state index >= 15 is 0 Å². The van der Waals surface area contributed by atoms with Crippen LogP contribution in [0.25, 0.3) is 0 Å². The summed E-state index contributed by atoms with van der Waals surface area (Å²) in [4.78, 5) is 15.0. The first kappa shape index (κ1) is 20.9. The monoisotopic (exact) mass is 412 g/mol. The number of benzene rings is 1. The first-order valence-electron chi connectivity index (χ1n) is 11.1. The molecule has 4 rings (SSSR count). The van der Waals surface area contributed by atoms with Gasteiger partial charge in [0.1, 0.15) is 19.0 Å². The molecule has 0 bridgehead atoms. The summed E-state index contributed by atoms with van der Waals surface area (Å²) in [7, 11) is 0. The molecule has 2 N–H and O–H groups in total. The predicted molar refractivity (Wildman–Crippen MR) is 115 cm³/mol. The minimum Gasteiger partial charge on any atom is -0.490 e. The second-order valence-electron chi connectivity index (χ2n) is 8.37. The summed E-state index contributed by atoms with van der Waals surface area (Å²) < 4.78 is 11.4. The molecule has 1 saturated heterocycles. The summed E-state index contributed by atoms with van der Waals surface area (Å²) in [5.41, 5.74) is 1.15. The number of rotatable bonds is 8. The zero-order valence-electron chi connectivity index (χ0n) is 17.5. The van der Waals surface area contributed by atoms with E-state index in [4.69, 9.17) is 9.47 Å². The van der Waals surface area contributed by atoms with Gasteiger partial charge >= 0.3 is 0 Å². The van der Waals surface area contributed by atoms with Crippen LogP contribution in [0.4, 0.5) is 0 Å². The summed E-state index contributed by atoms with van der Waals surface area (Å²) in [5, 5.41) is 14.3. The first-order valence-corrected chi connectivity index (χ1v) is 11.1. The summed E-state index contributed by atoms with van der Waals surface area (Å²) in [6.45, 7) is 3.83. The number of aliphatic hydroxyl groups is 1. The van der Waals surface area contributed by atoms with Gasteiger partial charge in [-0.1, -0.05) is 36.4 Å². The minimum atomic E-state index is -0.679. The Labute approximate surface area is 178 Å². The van der Waals surface area contributed by atoms with Crippen LogP contribution >= 0.6 is 0 Å². The SMILES string of the molecule is O=C(CCc1ccccc1)NC(CN1CCCC1)C(O)C1C=CC2=C(C1)OCCO2. The molecular weight excluding hydrogens is 380 g/mol. The summed E-state index contributed by atoms with van der Waals surface area (Å²) in [6, 6.07) is 9.71. The lowest BCUT2D eigenvalue weighted by molar-refractivity contribution is -0.123. The number of nitrogens with zero attached hydrogens (tertiary/aromatic N) is 1. The lowest BCUT2D eigenvalue weighted by Crippen LogP contribution is -2.52. The molecule has 0 saturated carbocycles. The Hall–Kier alpha value is -2.31. The highest BCUT2D eigenvalue weighted by atomic mass is 16.6. The van der Waals surface area contributed by atoms with Gasteiger partial charge in [-0.25, -0.2) is 0 Å². The second-order valence-corrected chi connectivity index (χ2v) is 8.37. The number of amides is 1. The van der Waals surface area contributed by atoms with Crippen LogP contribution < -0.4 is 5.32 Å². The van der Waals surface area contributed by atoms with E-state index in [1.165, 1.54) is 12.8 Å². The van der Waals surface area contributed by atoms with E-state index in [0.717, 1.165) is 30.2 Å². The molecule has 0 radical (unpaired) electrons. The average Bonchev–Trinajstić information content (AvgIpc) is 3.30. The van der Waals surface area contributed by atoms with Crippen molar-refractivity contribution in [1.82, 2.24) is 10.2 Å². The number of hydrogen-bond acceptors (Lipinski definition) is 5. The number of carbonyl (C=O) groups excluding carboxylic acids is 1. The highest BCUT2D eigenvalue weighted by Crippen LogP contribution is 2.30. The largest absolute Gasteiger partial charge is 0.490 e. The average molecular weight is 413 g/mol. The van der Waals surface area contributed by atoms with Crippen LogP contribution in [0.3, 0.4) is 0 Å². The standard InChI is InChI=1S/C24H32N2O4/c27-23(11-8-18-6-2-1-3-7-18)25-20(17-26-12-4-5-13-26)24(28)19-9-10-21-22(16-19)30-15-14-29-21/h1-3,6-7,9-10,19-20,24,28H,4-5,8,11-17H2,(H,25,27). The lowest BCUT2D eigenvalue weighted by atomic mass is 9.88. The van der Waals surface area contributed by atoms with Crippen LogP contribution in [-0.4, -0.2) is 60.9 Å². The van der Waals surface area contributed by atoms with Crippen LogP contribution in [0, 0.1) is 5.92 Å². The van der Waals surface area contributed by atoms with E-state index in [9.17, 15) is 9.90 Å². The highest BCUT2D eigenvalue weighted by molar-refractivity contribution is 5.76. The van der Waals surface area contributed by atoms with Gasteiger partial charge < -0.3 is 24.8 Å². The molecule has 1 fully saturated rings. The van der Waals surface area contributed by atoms with Crippen molar-refractivity contribution in [2.24, 2.45) is 5.92 Å². The molecule has 1 aliphatic carbocycles. The molecule has 3 unspecified atom stereocenters. The fraction of sp³-hybridized carbons (Fsp3) is 0.542. The number of likely N-dealkylation sites (tertiary alicyclic amines) is 1. The van der Waals surface area contributed by atoms with Gasteiger partial charge in [-0.3, -0.25) is 4.79 Å². The maximum Gasteiger partial charge on any atom is 0.220 e.